The molecule has 1 atom stereocenters. The van der Waals surface area contributed by atoms with Crippen molar-refractivity contribution in [1.29, 1.82) is 0 Å². The molecule has 6 heteroatoms. The summed E-state index contributed by atoms with van der Waals surface area (Å²) >= 11 is 0. The Kier molecular flexibility index (Phi) is 6.78. The maximum atomic E-state index is 12.5. The van der Waals surface area contributed by atoms with Crippen LogP contribution in [0.1, 0.15) is 24.8 Å². The Balaban J connectivity index is 1.99. The van der Waals surface area contributed by atoms with Gasteiger partial charge in [0.1, 0.15) is 0 Å². The molecular weight excluding hydrogens is 318 g/mol. The number of esters is 1. The molecule has 0 spiro atoms. The van der Waals surface area contributed by atoms with E-state index in [0.29, 0.717) is 18.1 Å². The molecule has 130 valence electrons. The average Bonchev–Trinajstić information content (AvgIpc) is 2.59. The van der Waals surface area contributed by atoms with Crippen LogP contribution in [0.25, 0.3) is 6.08 Å². The van der Waals surface area contributed by atoms with Crippen molar-refractivity contribution < 1.29 is 27.8 Å². The van der Waals surface area contributed by atoms with Gasteiger partial charge >= 0.3 is 12.6 Å². The Morgan fingerprint density at radius 3 is 2.88 bits per heavy atom. The Labute approximate surface area is 139 Å². The largest absolute Gasteiger partial charge is 0.493 e. The number of carbonyl (C=O) groups is 1. The van der Waals surface area contributed by atoms with Gasteiger partial charge in [-0.3, -0.25) is 0 Å². The van der Waals surface area contributed by atoms with E-state index in [-0.39, 0.29) is 11.5 Å². The van der Waals surface area contributed by atoms with Crippen molar-refractivity contribution in [2.24, 2.45) is 5.92 Å². The van der Waals surface area contributed by atoms with Gasteiger partial charge in [-0.25, -0.2) is 4.79 Å². The lowest BCUT2D eigenvalue weighted by Crippen LogP contribution is -2.13. The van der Waals surface area contributed by atoms with Gasteiger partial charge < -0.3 is 14.2 Å². The fourth-order valence-corrected chi connectivity index (χ4v) is 2.45. The number of carbonyl (C=O) groups excluding carboxylic acids is 1. The molecule has 24 heavy (non-hydrogen) atoms. The number of methoxy groups -OCH3 is 1. The Morgan fingerprint density at radius 1 is 1.38 bits per heavy atom. The number of rotatable bonds is 7. The summed E-state index contributed by atoms with van der Waals surface area (Å²) in [6.45, 7) is -2.63. The van der Waals surface area contributed by atoms with Gasteiger partial charge in [-0.2, -0.15) is 8.78 Å². The summed E-state index contributed by atoms with van der Waals surface area (Å²) in [5, 5.41) is 0. The Morgan fingerprint density at radius 2 is 2.21 bits per heavy atom. The summed E-state index contributed by atoms with van der Waals surface area (Å²) in [4.78, 5) is 11.8. The van der Waals surface area contributed by atoms with Gasteiger partial charge in [-0.1, -0.05) is 24.3 Å². The van der Waals surface area contributed by atoms with Crippen LogP contribution in [0.2, 0.25) is 0 Å². The third kappa shape index (κ3) is 5.37. The first-order valence-electron chi connectivity index (χ1n) is 7.71. The van der Waals surface area contributed by atoms with E-state index in [2.05, 4.69) is 16.9 Å². The third-order valence-electron chi connectivity index (χ3n) is 3.67. The lowest BCUT2D eigenvalue weighted by atomic mass is 9.95. The van der Waals surface area contributed by atoms with Gasteiger partial charge in [-0.05, 0) is 37.3 Å². The fraction of sp³-hybridized carbons (Fsp3) is 0.389. The van der Waals surface area contributed by atoms with Crippen LogP contribution >= 0.6 is 0 Å². The van der Waals surface area contributed by atoms with Gasteiger partial charge in [-0.15, -0.1) is 0 Å². The SMILES string of the molecule is COc1cccc(/C=C/C(=O)OCC2CC=CCC2)c1OC(F)F. The maximum Gasteiger partial charge on any atom is 0.387 e. The van der Waals surface area contributed by atoms with Crippen molar-refractivity contribution in [3.05, 3.63) is 42.0 Å². The first-order chi connectivity index (χ1) is 11.6. The van der Waals surface area contributed by atoms with E-state index < -0.39 is 12.6 Å². The molecule has 0 radical (unpaired) electrons. The number of halogens is 2. The number of hydrogen-bond acceptors (Lipinski definition) is 4. The van der Waals surface area contributed by atoms with Gasteiger partial charge in [0.05, 0.1) is 13.7 Å². The zero-order chi connectivity index (χ0) is 17.4. The molecular formula is C18H20F2O4. The molecule has 1 aliphatic rings. The summed E-state index contributed by atoms with van der Waals surface area (Å²) in [5.41, 5.74) is 0.312. The zero-order valence-corrected chi connectivity index (χ0v) is 13.4. The second kappa shape index (κ2) is 9.05. The molecule has 0 amide bonds. The van der Waals surface area contributed by atoms with Crippen LogP contribution in [0.4, 0.5) is 8.78 Å². The highest BCUT2D eigenvalue weighted by atomic mass is 19.3. The monoisotopic (exact) mass is 338 g/mol. The van der Waals surface area contributed by atoms with Gasteiger partial charge in [0.15, 0.2) is 11.5 Å². The highest BCUT2D eigenvalue weighted by Gasteiger charge is 2.15. The number of alkyl halides is 2. The molecule has 0 heterocycles. The molecule has 0 aliphatic heterocycles. The summed E-state index contributed by atoms with van der Waals surface area (Å²) in [6, 6.07) is 4.68. The Bertz CT molecular complexity index is 611. The Hall–Kier alpha value is -2.37. The van der Waals surface area contributed by atoms with Crippen LogP contribution in [0.5, 0.6) is 11.5 Å². The molecule has 0 fully saturated rings. The van der Waals surface area contributed by atoms with E-state index in [0.717, 1.165) is 19.3 Å². The van der Waals surface area contributed by atoms with Crippen LogP contribution in [0, 0.1) is 5.92 Å². The summed E-state index contributed by atoms with van der Waals surface area (Å²) in [6.07, 6.45) is 9.67. The number of benzene rings is 1. The highest BCUT2D eigenvalue weighted by molar-refractivity contribution is 5.87. The van der Waals surface area contributed by atoms with E-state index >= 15 is 0 Å². The van der Waals surface area contributed by atoms with E-state index in [1.807, 2.05) is 0 Å². The zero-order valence-electron chi connectivity index (χ0n) is 13.4. The highest BCUT2D eigenvalue weighted by Crippen LogP contribution is 2.33. The van der Waals surface area contributed by atoms with Crippen molar-refractivity contribution >= 4 is 12.0 Å². The second-order valence-electron chi connectivity index (χ2n) is 5.37. The molecule has 1 aromatic carbocycles. The lowest BCUT2D eigenvalue weighted by Gasteiger charge is -2.16. The second-order valence-corrected chi connectivity index (χ2v) is 5.37. The van der Waals surface area contributed by atoms with Crippen molar-refractivity contribution in [3.8, 4) is 11.5 Å². The molecule has 2 rings (SSSR count). The van der Waals surface area contributed by atoms with Crippen molar-refractivity contribution in [2.75, 3.05) is 13.7 Å². The van der Waals surface area contributed by atoms with Crippen molar-refractivity contribution in [2.45, 2.75) is 25.9 Å². The molecule has 0 saturated carbocycles. The molecule has 0 saturated heterocycles. The molecule has 1 aromatic rings. The summed E-state index contributed by atoms with van der Waals surface area (Å²) < 4.78 is 39.8. The van der Waals surface area contributed by atoms with Gasteiger partial charge in [0, 0.05) is 11.6 Å². The number of para-hydroxylation sites is 1. The van der Waals surface area contributed by atoms with E-state index in [4.69, 9.17) is 9.47 Å². The van der Waals surface area contributed by atoms with Crippen LogP contribution in [0.3, 0.4) is 0 Å². The molecule has 1 unspecified atom stereocenters. The van der Waals surface area contributed by atoms with E-state index in [9.17, 15) is 13.6 Å². The normalized spacial score (nSPS) is 17.2. The minimum absolute atomic E-state index is 0.114. The number of allylic oxidation sites excluding steroid dienone is 2. The summed E-state index contributed by atoms with van der Waals surface area (Å²) in [7, 11) is 1.36. The predicted molar refractivity (Wildman–Crippen MR) is 86.1 cm³/mol. The molecule has 0 bridgehead atoms. The average molecular weight is 338 g/mol. The molecule has 0 N–H and O–H groups in total. The molecule has 4 nitrogen and oxygen atoms in total. The lowest BCUT2D eigenvalue weighted by molar-refractivity contribution is -0.139. The quantitative estimate of drug-likeness (QED) is 0.424. The number of hydrogen-bond donors (Lipinski definition) is 0. The standard InChI is InChI=1S/C18H20F2O4/c1-22-15-9-5-8-14(17(15)24-18(19)20)10-11-16(21)23-12-13-6-3-2-4-7-13/h2-3,5,8-11,13,18H,4,6-7,12H2,1H3/b11-10+. The third-order valence-corrected chi connectivity index (χ3v) is 3.67. The van der Waals surface area contributed by atoms with Crippen LogP contribution in [0.15, 0.2) is 36.4 Å². The van der Waals surface area contributed by atoms with E-state index in [1.54, 1.807) is 12.1 Å². The fourth-order valence-electron chi connectivity index (χ4n) is 2.45. The van der Waals surface area contributed by atoms with Crippen molar-refractivity contribution in [3.63, 3.8) is 0 Å². The van der Waals surface area contributed by atoms with E-state index in [1.165, 1.54) is 25.3 Å². The topological polar surface area (TPSA) is 44.8 Å². The predicted octanol–water partition coefficient (Wildman–Crippen LogP) is 4.21. The van der Waals surface area contributed by atoms with Crippen LogP contribution in [-0.2, 0) is 9.53 Å². The molecule has 0 aromatic heterocycles. The number of ether oxygens (including phenoxy) is 3. The molecule has 1 aliphatic carbocycles. The maximum absolute atomic E-state index is 12.5. The smallest absolute Gasteiger partial charge is 0.387 e. The van der Waals surface area contributed by atoms with Gasteiger partial charge in [0.2, 0.25) is 0 Å². The van der Waals surface area contributed by atoms with Crippen molar-refractivity contribution in [1.82, 2.24) is 0 Å². The van der Waals surface area contributed by atoms with Crippen LogP contribution in [-0.4, -0.2) is 26.3 Å². The minimum Gasteiger partial charge on any atom is -0.493 e. The van der Waals surface area contributed by atoms with Gasteiger partial charge in [0.25, 0.3) is 0 Å². The van der Waals surface area contributed by atoms with Crippen LogP contribution < -0.4 is 9.47 Å². The minimum atomic E-state index is -2.99. The first kappa shape index (κ1) is 18.0. The first-order valence-corrected chi connectivity index (χ1v) is 7.71. The summed E-state index contributed by atoms with van der Waals surface area (Å²) in [5.74, 6) is -0.131.